The van der Waals surface area contributed by atoms with Crippen LogP contribution in [0.4, 0.5) is 0 Å². The number of hydrogen-bond donors (Lipinski definition) is 0. The minimum atomic E-state index is -0.429. The van der Waals surface area contributed by atoms with Crippen molar-refractivity contribution in [3.8, 4) is 28.2 Å². The van der Waals surface area contributed by atoms with Crippen LogP contribution in [-0.4, -0.2) is 9.55 Å². The van der Waals surface area contributed by atoms with Crippen molar-refractivity contribution in [1.29, 1.82) is 0 Å². The van der Waals surface area contributed by atoms with Gasteiger partial charge in [0.05, 0.1) is 23.6 Å². The molecular formula is C37H24N2. The highest BCUT2D eigenvalue weighted by Crippen LogP contribution is 2.43. The van der Waals surface area contributed by atoms with Crippen LogP contribution in [0.15, 0.2) is 145 Å². The molecule has 8 rings (SSSR count). The number of para-hydroxylation sites is 2. The second kappa shape index (κ2) is 8.68. The maximum Gasteiger partial charge on any atom is 0.145 e. The van der Waals surface area contributed by atoms with Crippen molar-refractivity contribution < 1.29 is 6.85 Å². The van der Waals surface area contributed by atoms with E-state index in [0.29, 0.717) is 11.3 Å². The van der Waals surface area contributed by atoms with Crippen LogP contribution in [0.3, 0.4) is 0 Å². The molecule has 182 valence electrons. The molecule has 1 heterocycles. The molecule has 8 aromatic rings. The number of fused-ring (bicyclic) bond motifs is 4. The normalized spacial score (nSPS) is 13.4. The van der Waals surface area contributed by atoms with Crippen LogP contribution in [0.1, 0.15) is 6.85 Å². The van der Waals surface area contributed by atoms with Crippen LogP contribution >= 0.6 is 0 Å². The first kappa shape index (κ1) is 17.3. The van der Waals surface area contributed by atoms with Gasteiger partial charge >= 0.3 is 0 Å². The molecule has 0 saturated heterocycles. The van der Waals surface area contributed by atoms with Crippen molar-refractivity contribution in [2.45, 2.75) is 0 Å². The summed E-state index contributed by atoms with van der Waals surface area (Å²) in [4.78, 5) is 4.92. The van der Waals surface area contributed by atoms with Gasteiger partial charge in [0.1, 0.15) is 5.82 Å². The Kier molecular flexibility index (Phi) is 3.86. The summed E-state index contributed by atoms with van der Waals surface area (Å²) >= 11 is 0. The van der Waals surface area contributed by atoms with Crippen LogP contribution < -0.4 is 0 Å². The highest BCUT2D eigenvalue weighted by Gasteiger charge is 2.21. The highest BCUT2D eigenvalue weighted by atomic mass is 15.1. The van der Waals surface area contributed by atoms with Crippen molar-refractivity contribution in [1.82, 2.24) is 9.55 Å². The van der Waals surface area contributed by atoms with E-state index in [0.717, 1.165) is 49.3 Å². The van der Waals surface area contributed by atoms with E-state index < -0.39 is 6.04 Å². The van der Waals surface area contributed by atoms with Crippen LogP contribution in [0.2, 0.25) is 0 Å². The lowest BCUT2D eigenvalue weighted by Gasteiger charge is -2.20. The van der Waals surface area contributed by atoms with Crippen LogP contribution in [0.25, 0.3) is 71.6 Å². The third-order valence-corrected chi connectivity index (χ3v) is 7.45. The van der Waals surface area contributed by atoms with Gasteiger partial charge in [-0.1, -0.05) is 127 Å². The zero-order valence-corrected chi connectivity index (χ0v) is 20.9. The molecule has 0 spiro atoms. The summed E-state index contributed by atoms with van der Waals surface area (Å²) in [5, 5.41) is 6.35. The van der Waals surface area contributed by atoms with Crippen molar-refractivity contribution in [2.75, 3.05) is 0 Å². The van der Waals surface area contributed by atoms with E-state index in [-0.39, 0.29) is 29.7 Å². The van der Waals surface area contributed by atoms with Crippen molar-refractivity contribution >= 4 is 43.4 Å². The Labute approximate surface area is 233 Å². The predicted octanol–water partition coefficient (Wildman–Crippen LogP) is 9.82. The van der Waals surface area contributed by atoms with E-state index in [1.165, 1.54) is 5.39 Å². The van der Waals surface area contributed by atoms with Crippen molar-refractivity contribution in [2.24, 2.45) is 0 Å². The molecular weight excluding hydrogens is 472 g/mol. The molecule has 7 aromatic carbocycles. The summed E-state index contributed by atoms with van der Waals surface area (Å²) in [5.74, 6) is 0.303. The Morgan fingerprint density at radius 1 is 0.538 bits per heavy atom. The van der Waals surface area contributed by atoms with Gasteiger partial charge in [0.25, 0.3) is 0 Å². The first-order valence-electron chi connectivity index (χ1n) is 15.4. The molecule has 0 N–H and O–H groups in total. The number of rotatable bonds is 3. The van der Waals surface area contributed by atoms with Gasteiger partial charge in [0.2, 0.25) is 0 Å². The van der Waals surface area contributed by atoms with Crippen LogP contribution in [0, 0.1) is 0 Å². The fourth-order valence-electron chi connectivity index (χ4n) is 5.78. The van der Waals surface area contributed by atoms with Crippen molar-refractivity contribution in [3.05, 3.63) is 145 Å². The standard InChI is InChI=1S/C37H24N2/c1-2-13-26(14-3-1)37-38-33-20-10-11-21-34(33)39(37)36-31-18-8-6-16-29(31)35(30-17-7-9-19-32(30)36)28-23-22-25-12-4-5-15-27(25)24-28/h1-24H/i1D,2D,3D,13D,14D. The Morgan fingerprint density at radius 2 is 1.15 bits per heavy atom. The summed E-state index contributed by atoms with van der Waals surface area (Å²) in [6.45, 7) is 0. The number of hydrogen-bond acceptors (Lipinski definition) is 1. The SMILES string of the molecule is [2H]c1c([2H])c([2H])c(-c2nc3ccccc3n2-c2c3ccccc3c(-c3ccc4ccccc4c3)c3ccccc23)c([2H])c1[2H]. The molecule has 0 unspecified atom stereocenters. The average molecular weight is 502 g/mol. The molecule has 0 radical (unpaired) electrons. The highest BCUT2D eigenvalue weighted by molar-refractivity contribution is 6.19. The van der Waals surface area contributed by atoms with E-state index in [4.69, 9.17) is 11.8 Å². The molecule has 0 fully saturated rings. The van der Waals surface area contributed by atoms with Gasteiger partial charge in [0, 0.05) is 16.3 Å². The summed E-state index contributed by atoms with van der Waals surface area (Å²) in [7, 11) is 0. The minimum absolute atomic E-state index is 0.0685. The van der Waals surface area contributed by atoms with Gasteiger partial charge in [-0.05, 0) is 50.9 Å². The molecule has 0 aliphatic carbocycles. The van der Waals surface area contributed by atoms with Gasteiger partial charge < -0.3 is 0 Å². The molecule has 1 aromatic heterocycles. The topological polar surface area (TPSA) is 17.8 Å². The molecule has 2 nitrogen and oxygen atoms in total. The zero-order valence-electron chi connectivity index (χ0n) is 25.9. The van der Waals surface area contributed by atoms with Gasteiger partial charge in [-0.2, -0.15) is 0 Å². The summed E-state index contributed by atoms with van der Waals surface area (Å²) in [6, 6.07) is 37.3. The summed E-state index contributed by atoms with van der Waals surface area (Å²) in [5.41, 5.74) is 4.57. The Bertz CT molecular complexity index is 2380. The Morgan fingerprint density at radius 3 is 1.90 bits per heavy atom. The lowest BCUT2D eigenvalue weighted by atomic mass is 9.89. The van der Waals surface area contributed by atoms with E-state index in [1.54, 1.807) is 0 Å². The summed E-state index contributed by atoms with van der Waals surface area (Å²) in [6.07, 6.45) is 0. The fraction of sp³-hybridized carbons (Fsp3) is 0. The molecule has 0 aliphatic rings. The second-order valence-corrected chi connectivity index (χ2v) is 9.64. The molecule has 0 bridgehead atoms. The largest absolute Gasteiger partial charge is 0.291 e. The third-order valence-electron chi connectivity index (χ3n) is 7.45. The van der Waals surface area contributed by atoms with E-state index in [2.05, 4.69) is 60.7 Å². The number of benzene rings is 7. The van der Waals surface area contributed by atoms with Crippen LogP contribution in [-0.2, 0) is 0 Å². The second-order valence-electron chi connectivity index (χ2n) is 9.64. The van der Waals surface area contributed by atoms with E-state index in [9.17, 15) is 0 Å². The number of nitrogens with zero attached hydrogens (tertiary/aromatic N) is 2. The average Bonchev–Trinajstić information content (AvgIpc) is 3.43. The Balaban J connectivity index is 1.55. The monoisotopic (exact) mass is 501 g/mol. The molecule has 2 heteroatoms. The maximum absolute atomic E-state index is 8.82. The smallest absolute Gasteiger partial charge is 0.145 e. The minimum Gasteiger partial charge on any atom is -0.291 e. The van der Waals surface area contributed by atoms with E-state index >= 15 is 0 Å². The fourth-order valence-corrected chi connectivity index (χ4v) is 5.78. The molecule has 39 heavy (non-hydrogen) atoms. The number of aromatic nitrogens is 2. The van der Waals surface area contributed by atoms with Gasteiger partial charge in [-0.3, -0.25) is 4.57 Å². The van der Waals surface area contributed by atoms with Crippen LogP contribution in [0.5, 0.6) is 0 Å². The van der Waals surface area contributed by atoms with Gasteiger partial charge in [-0.25, -0.2) is 4.98 Å². The third kappa shape index (κ3) is 3.39. The quantitative estimate of drug-likeness (QED) is 0.220. The van der Waals surface area contributed by atoms with Gasteiger partial charge in [0.15, 0.2) is 0 Å². The maximum atomic E-state index is 8.82. The zero-order chi connectivity index (χ0) is 30.1. The molecule has 0 atom stereocenters. The molecule has 0 saturated carbocycles. The van der Waals surface area contributed by atoms with E-state index in [1.807, 2.05) is 59.2 Å². The summed E-state index contributed by atoms with van der Waals surface area (Å²) < 4.78 is 44.6. The Hall–Kier alpha value is -5.21. The van der Waals surface area contributed by atoms with Crippen molar-refractivity contribution in [3.63, 3.8) is 0 Å². The first-order valence-corrected chi connectivity index (χ1v) is 12.9. The first-order chi connectivity index (χ1) is 21.4. The molecule has 0 aliphatic heterocycles. The molecule has 0 amide bonds. The number of imidazole rings is 1. The lowest BCUT2D eigenvalue weighted by molar-refractivity contribution is 1.13. The lowest BCUT2D eigenvalue weighted by Crippen LogP contribution is -2.01. The predicted molar refractivity (Wildman–Crippen MR) is 164 cm³/mol. The van der Waals surface area contributed by atoms with Gasteiger partial charge in [-0.15, -0.1) is 0 Å².